The molecule has 1 heterocycles. The molecule has 1 aliphatic heterocycles. The summed E-state index contributed by atoms with van der Waals surface area (Å²) in [6.45, 7) is 6.56. The molecule has 1 fully saturated rings. The molecule has 2 rings (SSSR count). The van der Waals surface area contributed by atoms with Crippen molar-refractivity contribution in [1.29, 1.82) is 0 Å². The summed E-state index contributed by atoms with van der Waals surface area (Å²) in [5, 5.41) is 0. The van der Waals surface area contributed by atoms with Gasteiger partial charge in [0, 0.05) is 11.6 Å². The highest BCUT2D eigenvalue weighted by molar-refractivity contribution is 5.19. The van der Waals surface area contributed by atoms with Gasteiger partial charge in [0.1, 0.15) is 5.82 Å². The van der Waals surface area contributed by atoms with Gasteiger partial charge in [0.05, 0.1) is 0 Å². The molecule has 3 heteroatoms. The standard InChI is InChI=1S/C15H23FN2/c1-15(2,18-9-5-6-10-18)14(17)11-12-7-3-4-8-13(12)16/h3-4,7-8,14H,5-6,9-11,17H2,1-2H3. The minimum Gasteiger partial charge on any atom is -0.326 e. The van der Waals surface area contributed by atoms with Crippen LogP contribution in [0.15, 0.2) is 24.3 Å². The second-order valence-corrected chi connectivity index (χ2v) is 5.75. The second kappa shape index (κ2) is 5.37. The third-order valence-corrected chi connectivity index (χ3v) is 4.23. The molecule has 0 amide bonds. The molecule has 100 valence electrons. The zero-order valence-electron chi connectivity index (χ0n) is 11.3. The minimum atomic E-state index is -0.148. The first-order chi connectivity index (χ1) is 8.51. The van der Waals surface area contributed by atoms with Crippen molar-refractivity contribution in [3.63, 3.8) is 0 Å². The summed E-state index contributed by atoms with van der Waals surface area (Å²) >= 11 is 0. The van der Waals surface area contributed by atoms with E-state index in [1.807, 2.05) is 12.1 Å². The molecule has 0 aromatic heterocycles. The Morgan fingerprint density at radius 3 is 2.50 bits per heavy atom. The predicted molar refractivity (Wildman–Crippen MR) is 73.0 cm³/mol. The Balaban J connectivity index is 2.07. The van der Waals surface area contributed by atoms with Crippen molar-refractivity contribution in [3.8, 4) is 0 Å². The molecule has 1 aromatic rings. The number of benzene rings is 1. The van der Waals surface area contributed by atoms with Crippen molar-refractivity contribution in [1.82, 2.24) is 4.90 Å². The average molecular weight is 250 g/mol. The van der Waals surface area contributed by atoms with E-state index in [0.29, 0.717) is 6.42 Å². The highest BCUT2D eigenvalue weighted by Gasteiger charge is 2.34. The van der Waals surface area contributed by atoms with Crippen LogP contribution in [-0.2, 0) is 6.42 Å². The van der Waals surface area contributed by atoms with Crippen molar-refractivity contribution in [2.75, 3.05) is 13.1 Å². The van der Waals surface area contributed by atoms with Gasteiger partial charge in [0.15, 0.2) is 0 Å². The first-order valence-electron chi connectivity index (χ1n) is 6.76. The molecular formula is C15H23FN2. The Morgan fingerprint density at radius 2 is 1.89 bits per heavy atom. The third kappa shape index (κ3) is 2.73. The highest BCUT2D eigenvalue weighted by Crippen LogP contribution is 2.25. The highest BCUT2D eigenvalue weighted by atomic mass is 19.1. The lowest BCUT2D eigenvalue weighted by Crippen LogP contribution is -2.56. The van der Waals surface area contributed by atoms with Crippen molar-refractivity contribution >= 4 is 0 Å². The van der Waals surface area contributed by atoms with E-state index < -0.39 is 0 Å². The maximum atomic E-state index is 13.6. The van der Waals surface area contributed by atoms with Crippen molar-refractivity contribution in [3.05, 3.63) is 35.6 Å². The fourth-order valence-electron chi connectivity index (χ4n) is 2.68. The molecule has 0 aliphatic carbocycles. The van der Waals surface area contributed by atoms with Crippen LogP contribution in [0.1, 0.15) is 32.3 Å². The van der Waals surface area contributed by atoms with E-state index in [9.17, 15) is 4.39 Å². The van der Waals surface area contributed by atoms with E-state index in [0.717, 1.165) is 18.7 Å². The van der Waals surface area contributed by atoms with E-state index in [1.54, 1.807) is 6.07 Å². The number of nitrogens with zero attached hydrogens (tertiary/aromatic N) is 1. The number of hydrogen-bond acceptors (Lipinski definition) is 2. The second-order valence-electron chi connectivity index (χ2n) is 5.75. The molecule has 0 radical (unpaired) electrons. The van der Waals surface area contributed by atoms with Gasteiger partial charge in [0.25, 0.3) is 0 Å². The van der Waals surface area contributed by atoms with Gasteiger partial charge in [-0.05, 0) is 57.8 Å². The van der Waals surface area contributed by atoms with E-state index >= 15 is 0 Å². The zero-order chi connectivity index (χ0) is 13.2. The molecule has 1 atom stereocenters. The summed E-state index contributed by atoms with van der Waals surface area (Å²) in [4.78, 5) is 2.43. The van der Waals surface area contributed by atoms with Crippen LogP contribution in [0.2, 0.25) is 0 Å². The summed E-state index contributed by atoms with van der Waals surface area (Å²) in [5.74, 6) is -0.148. The number of likely N-dealkylation sites (tertiary alicyclic amines) is 1. The summed E-state index contributed by atoms with van der Waals surface area (Å²) in [6, 6.07) is 6.87. The van der Waals surface area contributed by atoms with Crippen LogP contribution in [0.3, 0.4) is 0 Å². The SMILES string of the molecule is CC(C)(C(N)Cc1ccccc1F)N1CCCC1. The molecule has 0 spiro atoms. The predicted octanol–water partition coefficient (Wildman–Crippen LogP) is 2.57. The maximum Gasteiger partial charge on any atom is 0.126 e. The van der Waals surface area contributed by atoms with Gasteiger partial charge >= 0.3 is 0 Å². The van der Waals surface area contributed by atoms with Crippen LogP contribution in [0.4, 0.5) is 4.39 Å². The van der Waals surface area contributed by atoms with Gasteiger partial charge in [-0.25, -0.2) is 4.39 Å². The van der Waals surface area contributed by atoms with E-state index in [2.05, 4.69) is 18.7 Å². The number of rotatable bonds is 4. The molecule has 2 nitrogen and oxygen atoms in total. The van der Waals surface area contributed by atoms with E-state index in [-0.39, 0.29) is 17.4 Å². The Labute approximate surface area is 109 Å². The summed E-state index contributed by atoms with van der Waals surface area (Å²) in [6.07, 6.45) is 3.09. The van der Waals surface area contributed by atoms with Crippen LogP contribution in [-0.4, -0.2) is 29.6 Å². The fraction of sp³-hybridized carbons (Fsp3) is 0.600. The molecule has 0 saturated carbocycles. The molecule has 1 aliphatic rings. The van der Waals surface area contributed by atoms with E-state index in [4.69, 9.17) is 5.73 Å². The summed E-state index contributed by atoms with van der Waals surface area (Å²) in [7, 11) is 0. The van der Waals surface area contributed by atoms with Gasteiger partial charge in [0.2, 0.25) is 0 Å². The normalized spacial score (nSPS) is 19.1. The summed E-state index contributed by atoms with van der Waals surface area (Å²) < 4.78 is 13.6. The fourth-order valence-corrected chi connectivity index (χ4v) is 2.68. The van der Waals surface area contributed by atoms with Crippen LogP contribution in [0.25, 0.3) is 0 Å². The Morgan fingerprint density at radius 1 is 1.28 bits per heavy atom. The number of nitrogens with two attached hydrogens (primary N) is 1. The molecule has 1 unspecified atom stereocenters. The Bertz CT molecular complexity index is 397. The first kappa shape index (κ1) is 13.5. The van der Waals surface area contributed by atoms with E-state index in [1.165, 1.54) is 18.9 Å². The Kier molecular flexibility index (Phi) is 4.03. The molecule has 1 saturated heterocycles. The quantitative estimate of drug-likeness (QED) is 0.890. The number of hydrogen-bond donors (Lipinski definition) is 1. The van der Waals surface area contributed by atoms with Gasteiger partial charge in [-0.15, -0.1) is 0 Å². The lowest BCUT2D eigenvalue weighted by Gasteiger charge is -2.40. The topological polar surface area (TPSA) is 29.3 Å². The van der Waals surface area contributed by atoms with Crippen LogP contribution < -0.4 is 5.73 Å². The van der Waals surface area contributed by atoms with Gasteiger partial charge < -0.3 is 5.73 Å². The smallest absolute Gasteiger partial charge is 0.126 e. The maximum absolute atomic E-state index is 13.6. The van der Waals surface area contributed by atoms with Crippen molar-refractivity contribution in [2.24, 2.45) is 5.73 Å². The molecule has 18 heavy (non-hydrogen) atoms. The molecule has 1 aromatic carbocycles. The Hall–Kier alpha value is -0.930. The molecule has 2 N–H and O–H groups in total. The largest absolute Gasteiger partial charge is 0.326 e. The van der Waals surface area contributed by atoms with Crippen LogP contribution >= 0.6 is 0 Å². The van der Waals surface area contributed by atoms with Crippen LogP contribution in [0.5, 0.6) is 0 Å². The van der Waals surface area contributed by atoms with Gasteiger partial charge in [-0.1, -0.05) is 18.2 Å². The minimum absolute atomic E-state index is 0.0486. The lowest BCUT2D eigenvalue weighted by atomic mass is 9.88. The number of halogens is 1. The van der Waals surface area contributed by atoms with Gasteiger partial charge in [-0.3, -0.25) is 4.90 Å². The summed E-state index contributed by atoms with van der Waals surface area (Å²) in [5.41, 5.74) is 6.97. The molecule has 0 bridgehead atoms. The van der Waals surface area contributed by atoms with Gasteiger partial charge in [-0.2, -0.15) is 0 Å². The monoisotopic (exact) mass is 250 g/mol. The van der Waals surface area contributed by atoms with Crippen molar-refractivity contribution < 1.29 is 4.39 Å². The first-order valence-corrected chi connectivity index (χ1v) is 6.76. The average Bonchev–Trinajstić information content (AvgIpc) is 2.86. The molecular weight excluding hydrogens is 227 g/mol. The van der Waals surface area contributed by atoms with Crippen molar-refractivity contribution in [2.45, 2.75) is 44.7 Å². The van der Waals surface area contributed by atoms with Crippen LogP contribution in [0, 0.1) is 5.82 Å². The third-order valence-electron chi connectivity index (χ3n) is 4.23. The lowest BCUT2D eigenvalue weighted by molar-refractivity contribution is 0.123. The zero-order valence-corrected chi connectivity index (χ0v) is 11.3.